The number of thiophene rings is 1. The Morgan fingerprint density at radius 1 is 1.42 bits per heavy atom. The Balaban J connectivity index is 1.77. The van der Waals surface area contributed by atoms with Crippen molar-refractivity contribution >= 4 is 40.2 Å². The Hall–Kier alpha value is -1.67. The Labute approximate surface area is 152 Å². The second-order valence-electron chi connectivity index (χ2n) is 4.94. The summed E-state index contributed by atoms with van der Waals surface area (Å²) in [6, 6.07) is 7.38. The summed E-state index contributed by atoms with van der Waals surface area (Å²) in [5.74, 6) is 0.577. The van der Waals surface area contributed by atoms with Gasteiger partial charge in [-0.05, 0) is 24.3 Å². The molecule has 0 atom stereocenters. The molecule has 3 aromatic rings. The first-order valence-corrected chi connectivity index (χ1v) is 9.26. The van der Waals surface area contributed by atoms with E-state index in [0.29, 0.717) is 29.7 Å². The molecular weight excluding hydrogens is 368 g/mol. The largest absolute Gasteiger partial charge is 0.467 e. The molecule has 24 heavy (non-hydrogen) atoms. The number of ether oxygens (including phenoxy) is 1. The van der Waals surface area contributed by atoms with Crippen LogP contribution in [0.5, 0.6) is 0 Å². The second-order valence-corrected chi connectivity index (χ2v) is 7.51. The number of methoxy groups -OCH3 is 1. The fourth-order valence-corrected chi connectivity index (χ4v) is 4.03. The van der Waals surface area contributed by atoms with Crippen LogP contribution in [-0.4, -0.2) is 36.1 Å². The lowest BCUT2D eigenvalue weighted by Crippen LogP contribution is -2.33. The summed E-state index contributed by atoms with van der Waals surface area (Å²) in [7, 11) is 1.61. The number of furan rings is 1. The number of thiazole rings is 1. The van der Waals surface area contributed by atoms with Crippen molar-refractivity contribution in [1.29, 1.82) is 0 Å². The van der Waals surface area contributed by atoms with Gasteiger partial charge >= 0.3 is 0 Å². The van der Waals surface area contributed by atoms with Crippen molar-refractivity contribution in [2.75, 3.05) is 20.3 Å². The van der Waals surface area contributed by atoms with E-state index in [1.54, 1.807) is 29.7 Å². The standard InChI is InChI=1S/C16H15ClN2O3S2/c1-21-8-6-19(9-11-3-2-7-22-11)16(20)12-10-23-15(18-12)13-4-5-14(17)24-13/h2-5,7,10H,6,8-9H2,1H3. The maximum atomic E-state index is 12.8. The lowest BCUT2D eigenvalue weighted by atomic mass is 10.3. The average Bonchev–Trinajstić information content (AvgIpc) is 3.31. The number of amides is 1. The van der Waals surface area contributed by atoms with Gasteiger partial charge in [0.05, 0.1) is 28.6 Å². The Kier molecular flexibility index (Phi) is 5.68. The molecule has 0 unspecified atom stereocenters. The quantitative estimate of drug-likeness (QED) is 0.607. The molecular formula is C16H15ClN2O3S2. The normalized spacial score (nSPS) is 10.9. The highest BCUT2D eigenvalue weighted by Gasteiger charge is 2.20. The molecule has 0 aliphatic heterocycles. The topological polar surface area (TPSA) is 55.6 Å². The summed E-state index contributed by atoms with van der Waals surface area (Å²) in [5, 5.41) is 2.56. The van der Waals surface area contributed by atoms with Gasteiger partial charge in [0.25, 0.3) is 5.91 Å². The molecule has 0 N–H and O–H groups in total. The predicted molar refractivity (Wildman–Crippen MR) is 95.8 cm³/mol. The van der Waals surface area contributed by atoms with E-state index in [4.69, 9.17) is 20.8 Å². The monoisotopic (exact) mass is 382 g/mol. The number of hydrogen-bond acceptors (Lipinski definition) is 6. The predicted octanol–water partition coefficient (Wildman–Crippen LogP) is 4.41. The first kappa shape index (κ1) is 17.2. The van der Waals surface area contributed by atoms with Crippen LogP contribution in [0.1, 0.15) is 16.2 Å². The van der Waals surface area contributed by atoms with Gasteiger partial charge in [0, 0.05) is 19.0 Å². The molecule has 0 aromatic carbocycles. The molecule has 0 aliphatic rings. The molecule has 0 spiro atoms. The van der Waals surface area contributed by atoms with Gasteiger partial charge in [0.1, 0.15) is 16.5 Å². The zero-order valence-corrected chi connectivity index (χ0v) is 15.3. The van der Waals surface area contributed by atoms with Crippen molar-refractivity contribution in [2.24, 2.45) is 0 Å². The molecule has 0 saturated carbocycles. The van der Waals surface area contributed by atoms with E-state index in [9.17, 15) is 4.79 Å². The van der Waals surface area contributed by atoms with Gasteiger partial charge in [-0.2, -0.15) is 0 Å². The first-order chi connectivity index (χ1) is 11.7. The third-order valence-corrected chi connectivity index (χ3v) is 5.53. The number of rotatable bonds is 7. The summed E-state index contributed by atoms with van der Waals surface area (Å²) in [5.41, 5.74) is 0.419. The maximum Gasteiger partial charge on any atom is 0.273 e. The SMILES string of the molecule is COCCN(Cc1ccco1)C(=O)c1csc(-c2ccc(Cl)s2)n1. The third kappa shape index (κ3) is 4.05. The lowest BCUT2D eigenvalue weighted by molar-refractivity contribution is 0.0661. The van der Waals surface area contributed by atoms with Crippen molar-refractivity contribution in [3.63, 3.8) is 0 Å². The lowest BCUT2D eigenvalue weighted by Gasteiger charge is -2.20. The Morgan fingerprint density at radius 3 is 2.96 bits per heavy atom. The Morgan fingerprint density at radius 2 is 2.29 bits per heavy atom. The summed E-state index contributed by atoms with van der Waals surface area (Å²) >= 11 is 8.84. The van der Waals surface area contributed by atoms with Crippen LogP contribution < -0.4 is 0 Å². The average molecular weight is 383 g/mol. The van der Waals surface area contributed by atoms with Gasteiger partial charge in [0.15, 0.2) is 0 Å². The number of hydrogen-bond donors (Lipinski definition) is 0. The van der Waals surface area contributed by atoms with Crippen LogP contribution >= 0.6 is 34.3 Å². The number of aromatic nitrogens is 1. The van der Waals surface area contributed by atoms with Gasteiger partial charge in [-0.1, -0.05) is 11.6 Å². The molecule has 5 nitrogen and oxygen atoms in total. The van der Waals surface area contributed by atoms with E-state index in [1.165, 1.54) is 22.7 Å². The zero-order valence-electron chi connectivity index (χ0n) is 12.9. The Bertz CT molecular complexity index is 798. The maximum absolute atomic E-state index is 12.8. The van der Waals surface area contributed by atoms with Crippen LogP contribution in [0.2, 0.25) is 4.34 Å². The third-order valence-electron chi connectivity index (χ3n) is 3.29. The highest BCUT2D eigenvalue weighted by Crippen LogP contribution is 2.33. The van der Waals surface area contributed by atoms with E-state index in [-0.39, 0.29) is 5.91 Å². The van der Waals surface area contributed by atoms with Crippen molar-refractivity contribution in [1.82, 2.24) is 9.88 Å². The smallest absolute Gasteiger partial charge is 0.273 e. The molecule has 0 bridgehead atoms. The summed E-state index contributed by atoms with van der Waals surface area (Å²) in [6.45, 7) is 1.30. The van der Waals surface area contributed by atoms with Crippen molar-refractivity contribution < 1.29 is 13.9 Å². The fourth-order valence-electron chi connectivity index (χ4n) is 2.12. The van der Waals surface area contributed by atoms with Gasteiger partial charge in [-0.3, -0.25) is 4.79 Å². The minimum Gasteiger partial charge on any atom is -0.467 e. The molecule has 3 rings (SSSR count). The molecule has 0 radical (unpaired) electrons. The molecule has 1 amide bonds. The fraction of sp³-hybridized carbons (Fsp3) is 0.250. The number of carbonyl (C=O) groups is 1. The van der Waals surface area contributed by atoms with Crippen LogP contribution in [-0.2, 0) is 11.3 Å². The van der Waals surface area contributed by atoms with Crippen molar-refractivity contribution in [3.8, 4) is 9.88 Å². The highest BCUT2D eigenvalue weighted by molar-refractivity contribution is 7.23. The summed E-state index contributed by atoms with van der Waals surface area (Å²) in [4.78, 5) is 19.9. The van der Waals surface area contributed by atoms with Crippen LogP contribution in [0.25, 0.3) is 9.88 Å². The minimum atomic E-state index is -0.145. The second kappa shape index (κ2) is 7.94. The molecule has 3 heterocycles. The van der Waals surface area contributed by atoms with Gasteiger partial charge in [-0.15, -0.1) is 22.7 Å². The van der Waals surface area contributed by atoms with Crippen LogP contribution in [0.3, 0.4) is 0 Å². The minimum absolute atomic E-state index is 0.145. The molecule has 0 saturated heterocycles. The molecule has 0 fully saturated rings. The van der Waals surface area contributed by atoms with E-state index >= 15 is 0 Å². The van der Waals surface area contributed by atoms with Crippen LogP contribution in [0, 0.1) is 0 Å². The number of nitrogens with zero attached hydrogens (tertiary/aromatic N) is 2. The number of carbonyl (C=O) groups excluding carboxylic acids is 1. The zero-order chi connectivity index (χ0) is 16.9. The number of halogens is 1. The van der Waals surface area contributed by atoms with Crippen molar-refractivity contribution in [2.45, 2.75) is 6.54 Å². The van der Waals surface area contributed by atoms with Gasteiger partial charge in [-0.25, -0.2) is 4.98 Å². The van der Waals surface area contributed by atoms with E-state index < -0.39 is 0 Å². The summed E-state index contributed by atoms with van der Waals surface area (Å²) in [6.07, 6.45) is 1.59. The summed E-state index contributed by atoms with van der Waals surface area (Å²) < 4.78 is 11.1. The molecule has 3 aromatic heterocycles. The van der Waals surface area contributed by atoms with E-state index in [2.05, 4.69) is 4.98 Å². The molecule has 0 aliphatic carbocycles. The van der Waals surface area contributed by atoms with Gasteiger partial charge < -0.3 is 14.1 Å². The van der Waals surface area contributed by atoms with Crippen molar-refractivity contribution in [3.05, 3.63) is 51.7 Å². The van der Waals surface area contributed by atoms with Gasteiger partial charge in [0.2, 0.25) is 0 Å². The van der Waals surface area contributed by atoms with E-state index in [1.807, 2.05) is 18.2 Å². The molecule has 126 valence electrons. The van der Waals surface area contributed by atoms with Crippen LogP contribution in [0.15, 0.2) is 40.3 Å². The first-order valence-electron chi connectivity index (χ1n) is 7.19. The molecule has 8 heteroatoms. The van der Waals surface area contributed by atoms with E-state index in [0.717, 1.165) is 15.6 Å². The highest BCUT2D eigenvalue weighted by atomic mass is 35.5. The van der Waals surface area contributed by atoms with Crippen LogP contribution in [0.4, 0.5) is 0 Å².